The molecule has 0 aromatic rings. The molecule has 6 aliphatic rings. The fraction of sp³-hybridized carbons (Fsp3) is 0.914. The number of rotatable bonds is 9. The van der Waals surface area contributed by atoms with E-state index in [1.165, 1.54) is 160 Å². The van der Waals surface area contributed by atoms with Gasteiger partial charge in [-0.05, 0) is 0 Å². The van der Waals surface area contributed by atoms with Crippen molar-refractivity contribution in [2.24, 2.45) is 0 Å². The predicted molar refractivity (Wildman–Crippen MR) is 187 cm³/mol. The fourth-order valence-electron chi connectivity index (χ4n) is 12.4. The molecule has 6 fully saturated rings. The van der Waals surface area contributed by atoms with E-state index >= 15 is 0 Å². The van der Waals surface area contributed by atoms with Crippen molar-refractivity contribution in [3.8, 4) is 0 Å². The molecule has 5 heteroatoms. The summed E-state index contributed by atoms with van der Waals surface area (Å²) in [5, 5.41) is 0. The molecule has 0 unspecified atom stereocenters. The van der Waals surface area contributed by atoms with Gasteiger partial charge in [0.05, 0.1) is 0 Å². The standard InChI is InChI=1S/2C15H27P.C5H8.2ClH.Ru/c2*1-2-8-13(7-1)16(14-9-3-4-10-14)15-11-5-6-12-15;1-4-5(2)3;;;/h2*13-15H,1-12H2;1,4H,2-3H3;2*1H;. The summed E-state index contributed by atoms with van der Waals surface area (Å²) >= 11 is 0. The Morgan fingerprint density at radius 1 is 0.450 bits per heavy atom. The molecule has 6 saturated carbocycles. The van der Waals surface area contributed by atoms with E-state index < -0.39 is 21.4 Å². The third kappa shape index (κ3) is 4.84. The van der Waals surface area contributed by atoms with Gasteiger partial charge in [-0.2, -0.15) is 0 Å². The van der Waals surface area contributed by atoms with Gasteiger partial charge >= 0.3 is 259 Å². The Morgan fingerprint density at radius 2 is 0.650 bits per heavy atom. The van der Waals surface area contributed by atoms with Crippen LogP contribution in [0.15, 0.2) is 11.6 Å². The van der Waals surface area contributed by atoms with E-state index in [-0.39, 0.29) is 0 Å². The van der Waals surface area contributed by atoms with Crippen LogP contribution in [0.3, 0.4) is 0 Å². The van der Waals surface area contributed by atoms with E-state index in [4.69, 9.17) is 0 Å². The Kier molecular flexibility index (Phi) is 10.1. The summed E-state index contributed by atoms with van der Waals surface area (Å²) < 4.78 is 2.90. The van der Waals surface area contributed by atoms with Gasteiger partial charge in [0.1, 0.15) is 0 Å². The Balaban J connectivity index is 1.74. The van der Waals surface area contributed by atoms with Gasteiger partial charge in [-0.3, -0.25) is 0 Å². The molecule has 6 rings (SSSR count). The maximum atomic E-state index is 9.53. The monoisotopic (exact) mass is 718 g/mol. The molecule has 40 heavy (non-hydrogen) atoms. The molecule has 0 saturated heterocycles. The molecule has 0 aromatic heterocycles. The van der Waals surface area contributed by atoms with Gasteiger partial charge in [0.2, 0.25) is 0 Å². The van der Waals surface area contributed by atoms with Crippen LogP contribution in [0.2, 0.25) is 0 Å². The minimum atomic E-state index is -4.12. The van der Waals surface area contributed by atoms with Crippen LogP contribution in [-0.2, 0) is 10.2 Å². The van der Waals surface area contributed by atoms with Crippen LogP contribution in [-0.4, -0.2) is 38.6 Å². The van der Waals surface area contributed by atoms with Crippen molar-refractivity contribution in [3.05, 3.63) is 11.6 Å². The SMILES string of the molecule is CC(C)=C[CH]=[Ru]([Cl])([Cl])([PH](C1CCCC1)(C1CCCC1)C1CCCC1)[PH](C1CCCC1)(C1CCCC1)C1CCCC1. The van der Waals surface area contributed by atoms with Gasteiger partial charge in [0, 0.05) is 0 Å². The van der Waals surface area contributed by atoms with E-state index in [1.807, 2.05) is 0 Å². The van der Waals surface area contributed by atoms with Crippen molar-refractivity contribution in [1.82, 2.24) is 0 Å². The molecule has 0 aliphatic heterocycles. The maximum absolute atomic E-state index is 9.53. The normalized spacial score (nSPS) is 29.4. The second-order valence-electron chi connectivity index (χ2n) is 15.6. The van der Waals surface area contributed by atoms with Gasteiger partial charge in [-0.25, -0.2) is 0 Å². The summed E-state index contributed by atoms with van der Waals surface area (Å²) in [6.45, 7) is 4.70. The molecule has 0 heterocycles. The Bertz CT molecular complexity index is 814. The van der Waals surface area contributed by atoms with Crippen LogP contribution in [0.1, 0.15) is 168 Å². The molecule has 0 aromatic carbocycles. The Morgan fingerprint density at radius 3 is 0.825 bits per heavy atom. The summed E-state index contributed by atoms with van der Waals surface area (Å²) in [7, 11) is 14.9. The average molecular weight is 719 g/mol. The number of hydrogen-bond acceptors (Lipinski definition) is 0. The van der Waals surface area contributed by atoms with Crippen LogP contribution in [0.4, 0.5) is 0 Å². The van der Waals surface area contributed by atoms with Crippen molar-refractivity contribution >= 4 is 35.2 Å². The first-order valence-electron chi connectivity index (χ1n) is 18.1. The minimum absolute atomic E-state index is 0.942. The van der Waals surface area contributed by atoms with Crippen LogP contribution in [0.5, 0.6) is 0 Å². The van der Waals surface area contributed by atoms with Crippen molar-refractivity contribution in [3.63, 3.8) is 0 Å². The zero-order valence-electron chi connectivity index (χ0n) is 26.2. The second kappa shape index (κ2) is 12.8. The van der Waals surface area contributed by atoms with E-state index in [9.17, 15) is 19.4 Å². The molecule has 6 aliphatic carbocycles. The molecule has 0 nitrogen and oxygen atoms in total. The van der Waals surface area contributed by atoms with Crippen molar-refractivity contribution in [1.29, 1.82) is 0 Å². The second-order valence-corrected chi connectivity index (χ2v) is 60.6. The number of allylic oxidation sites excluding steroid dienone is 2. The molecule has 0 radical (unpaired) electrons. The zero-order valence-corrected chi connectivity index (χ0v) is 31.4. The summed E-state index contributed by atoms with van der Waals surface area (Å²) in [5.41, 5.74) is 2.90. The summed E-state index contributed by atoms with van der Waals surface area (Å²) in [5.74, 6) is 0. The summed E-state index contributed by atoms with van der Waals surface area (Å²) in [6, 6.07) is 0. The molecule has 0 N–H and O–H groups in total. The topological polar surface area (TPSA) is 0 Å². The van der Waals surface area contributed by atoms with Crippen LogP contribution in [0.25, 0.3) is 0 Å². The summed E-state index contributed by atoms with van der Waals surface area (Å²) in [4.78, 5) is 0. The molecular formula is C35H64Cl2P2Ru. The van der Waals surface area contributed by atoms with Crippen molar-refractivity contribution < 1.29 is 10.2 Å². The first-order chi connectivity index (χ1) is 19.4. The van der Waals surface area contributed by atoms with E-state index in [0.29, 0.717) is 0 Å². The van der Waals surface area contributed by atoms with Crippen molar-refractivity contribution in [2.45, 2.75) is 202 Å². The van der Waals surface area contributed by atoms with Gasteiger partial charge in [-0.15, -0.1) is 0 Å². The first kappa shape index (κ1) is 31.6. The van der Waals surface area contributed by atoms with Gasteiger partial charge in [0.15, 0.2) is 0 Å². The molecule has 0 bridgehead atoms. The van der Waals surface area contributed by atoms with E-state index in [1.54, 1.807) is 0 Å². The third-order valence-electron chi connectivity index (χ3n) is 13.5. The van der Waals surface area contributed by atoms with E-state index in [0.717, 1.165) is 34.0 Å². The molecule has 0 amide bonds. The Hall–Kier alpha value is 1.67. The molecular weight excluding hydrogens is 654 g/mol. The molecule has 0 atom stereocenters. The van der Waals surface area contributed by atoms with Crippen LogP contribution in [0, 0.1) is 0 Å². The van der Waals surface area contributed by atoms with E-state index in [2.05, 4.69) is 24.5 Å². The molecule has 0 spiro atoms. The third-order valence-corrected chi connectivity index (χ3v) is 87.0. The van der Waals surface area contributed by atoms with Gasteiger partial charge in [0.25, 0.3) is 0 Å². The van der Waals surface area contributed by atoms with Crippen LogP contribution < -0.4 is 0 Å². The first-order valence-corrected chi connectivity index (χ1v) is 32.9. The summed E-state index contributed by atoms with van der Waals surface area (Å²) in [6.07, 6.45) is 38.3. The number of halogens is 2. The predicted octanol–water partition coefficient (Wildman–Crippen LogP) is 12.7. The van der Waals surface area contributed by atoms with Gasteiger partial charge < -0.3 is 0 Å². The molecule has 236 valence electrons. The van der Waals surface area contributed by atoms with Gasteiger partial charge in [-0.1, -0.05) is 0 Å². The zero-order chi connectivity index (χ0) is 27.9. The van der Waals surface area contributed by atoms with Crippen molar-refractivity contribution in [2.75, 3.05) is 0 Å². The fourth-order valence-corrected chi connectivity index (χ4v) is 118. The van der Waals surface area contributed by atoms with Crippen LogP contribution >= 0.6 is 30.6 Å². The average Bonchev–Trinajstić information content (AvgIpc) is 3.79. The quantitative estimate of drug-likeness (QED) is 0.164. The number of hydrogen-bond donors (Lipinski definition) is 0. The Labute approximate surface area is 257 Å².